The van der Waals surface area contributed by atoms with Gasteiger partial charge in [0, 0.05) is 18.5 Å². The number of hydrogen-bond acceptors (Lipinski definition) is 5. The smallest absolute Gasteiger partial charge is 0.262 e. The quantitative estimate of drug-likeness (QED) is 0.729. The van der Waals surface area contributed by atoms with E-state index >= 15 is 0 Å². The Kier molecular flexibility index (Phi) is 5.07. The van der Waals surface area contributed by atoms with E-state index in [4.69, 9.17) is 0 Å². The number of allylic oxidation sites excluding steroid dienone is 2. The maximum absolute atomic E-state index is 12.8. The number of carbonyl (C=O) groups excluding carboxylic acids is 5. The standard InChI is InChI=1S/C22H21N3O5/c1-12-2-5-14(6-3-12)19(27)23-11-13-4-7-15-16(10-13)22(30)25(21(15)29)17-8-9-18(26)24-20(17)28/h2,4-7,10,12,17H,3,8-9,11H2,1H3,(H,23,27)(H,24,26,28). The number of nitrogens with zero attached hydrogens (tertiary/aromatic N) is 1. The molecule has 5 amide bonds. The van der Waals surface area contributed by atoms with Crippen LogP contribution in [0.3, 0.4) is 0 Å². The minimum absolute atomic E-state index is 0.0736. The maximum Gasteiger partial charge on any atom is 0.262 e. The van der Waals surface area contributed by atoms with E-state index in [2.05, 4.69) is 17.6 Å². The van der Waals surface area contributed by atoms with Gasteiger partial charge in [-0.25, -0.2) is 0 Å². The van der Waals surface area contributed by atoms with Crippen molar-refractivity contribution in [3.63, 3.8) is 0 Å². The number of imide groups is 2. The molecule has 1 aliphatic carbocycles. The summed E-state index contributed by atoms with van der Waals surface area (Å²) in [6.07, 6.45) is 6.67. The van der Waals surface area contributed by atoms with Crippen molar-refractivity contribution in [1.29, 1.82) is 0 Å². The number of benzene rings is 1. The van der Waals surface area contributed by atoms with Crippen molar-refractivity contribution in [2.45, 2.75) is 38.8 Å². The minimum Gasteiger partial charge on any atom is -0.348 e. The monoisotopic (exact) mass is 407 g/mol. The molecule has 1 aromatic rings. The van der Waals surface area contributed by atoms with Crippen LogP contribution in [0.15, 0.2) is 42.0 Å². The number of amides is 5. The zero-order valence-electron chi connectivity index (χ0n) is 16.4. The summed E-state index contributed by atoms with van der Waals surface area (Å²) in [5, 5.41) is 4.99. The second-order valence-electron chi connectivity index (χ2n) is 7.74. The van der Waals surface area contributed by atoms with E-state index in [0.717, 1.165) is 11.3 Å². The fourth-order valence-corrected chi connectivity index (χ4v) is 3.81. The lowest BCUT2D eigenvalue weighted by atomic mass is 9.98. The Balaban J connectivity index is 1.47. The first-order chi connectivity index (χ1) is 14.3. The molecular weight excluding hydrogens is 386 g/mol. The molecule has 4 rings (SSSR count). The fraction of sp³-hybridized carbons (Fsp3) is 0.318. The zero-order chi connectivity index (χ0) is 21.4. The Labute approximate surface area is 173 Å². The predicted molar refractivity (Wildman–Crippen MR) is 106 cm³/mol. The molecule has 8 nitrogen and oxygen atoms in total. The second kappa shape index (κ2) is 7.70. The van der Waals surface area contributed by atoms with Gasteiger partial charge in [-0.3, -0.25) is 34.2 Å². The third kappa shape index (κ3) is 3.56. The SMILES string of the molecule is CC1C=CC(C(=O)NCc2ccc3c(c2)C(=O)N(C2CCC(=O)NC2=O)C3=O)=CC1. The first kappa shape index (κ1) is 19.8. The van der Waals surface area contributed by atoms with Crippen LogP contribution in [0.25, 0.3) is 0 Å². The lowest BCUT2D eigenvalue weighted by Crippen LogP contribution is -2.54. The van der Waals surface area contributed by atoms with Crippen molar-refractivity contribution in [3.05, 3.63) is 58.7 Å². The van der Waals surface area contributed by atoms with E-state index < -0.39 is 29.7 Å². The van der Waals surface area contributed by atoms with E-state index in [0.29, 0.717) is 17.1 Å². The highest BCUT2D eigenvalue weighted by Gasteiger charge is 2.44. The minimum atomic E-state index is -0.995. The topological polar surface area (TPSA) is 113 Å². The van der Waals surface area contributed by atoms with Gasteiger partial charge in [0.05, 0.1) is 11.1 Å². The van der Waals surface area contributed by atoms with Crippen LogP contribution in [0.5, 0.6) is 0 Å². The van der Waals surface area contributed by atoms with Crippen molar-refractivity contribution in [2.24, 2.45) is 5.92 Å². The highest BCUT2D eigenvalue weighted by molar-refractivity contribution is 6.23. The molecule has 2 unspecified atom stereocenters. The van der Waals surface area contributed by atoms with Crippen LogP contribution in [0, 0.1) is 5.92 Å². The second-order valence-corrected chi connectivity index (χ2v) is 7.74. The van der Waals surface area contributed by atoms with Gasteiger partial charge < -0.3 is 5.32 Å². The summed E-state index contributed by atoms with van der Waals surface area (Å²) in [6.45, 7) is 2.27. The van der Waals surface area contributed by atoms with Crippen LogP contribution >= 0.6 is 0 Å². The third-order valence-electron chi connectivity index (χ3n) is 5.53. The van der Waals surface area contributed by atoms with Gasteiger partial charge in [0.15, 0.2) is 0 Å². The summed E-state index contributed by atoms with van der Waals surface area (Å²) in [6, 6.07) is 3.77. The Morgan fingerprint density at radius 2 is 1.93 bits per heavy atom. The molecule has 154 valence electrons. The van der Waals surface area contributed by atoms with Crippen molar-refractivity contribution in [3.8, 4) is 0 Å². The van der Waals surface area contributed by atoms with Gasteiger partial charge in [0.25, 0.3) is 17.7 Å². The summed E-state index contributed by atoms with van der Waals surface area (Å²) in [5.74, 6) is -1.96. The van der Waals surface area contributed by atoms with E-state index in [9.17, 15) is 24.0 Å². The Morgan fingerprint density at radius 1 is 1.17 bits per heavy atom. The summed E-state index contributed by atoms with van der Waals surface area (Å²) < 4.78 is 0. The van der Waals surface area contributed by atoms with Crippen LogP contribution < -0.4 is 10.6 Å². The Hall–Kier alpha value is -3.55. The first-order valence-corrected chi connectivity index (χ1v) is 9.86. The normalized spacial score (nSPS) is 23.2. The van der Waals surface area contributed by atoms with E-state index in [-0.39, 0.29) is 36.4 Å². The first-order valence-electron chi connectivity index (χ1n) is 9.86. The molecular formula is C22H21N3O5. The third-order valence-corrected chi connectivity index (χ3v) is 5.53. The lowest BCUT2D eigenvalue weighted by molar-refractivity contribution is -0.136. The number of hydrogen-bond donors (Lipinski definition) is 2. The van der Waals surface area contributed by atoms with Gasteiger partial charge in [-0.2, -0.15) is 0 Å². The molecule has 2 atom stereocenters. The largest absolute Gasteiger partial charge is 0.348 e. The van der Waals surface area contributed by atoms with Gasteiger partial charge in [0.1, 0.15) is 6.04 Å². The molecule has 1 aromatic carbocycles. The molecule has 30 heavy (non-hydrogen) atoms. The molecule has 1 fully saturated rings. The number of carbonyl (C=O) groups is 5. The van der Waals surface area contributed by atoms with Crippen LogP contribution in [-0.2, 0) is 20.9 Å². The van der Waals surface area contributed by atoms with Crippen LogP contribution in [0.4, 0.5) is 0 Å². The molecule has 2 heterocycles. The van der Waals surface area contributed by atoms with Gasteiger partial charge in [-0.05, 0) is 36.5 Å². The molecule has 2 aliphatic heterocycles. The molecule has 0 bridgehead atoms. The van der Waals surface area contributed by atoms with Crippen molar-refractivity contribution < 1.29 is 24.0 Å². The van der Waals surface area contributed by atoms with Crippen LogP contribution in [0.2, 0.25) is 0 Å². The summed E-state index contributed by atoms with van der Waals surface area (Å²) >= 11 is 0. The lowest BCUT2D eigenvalue weighted by Gasteiger charge is -2.27. The highest BCUT2D eigenvalue weighted by atomic mass is 16.2. The van der Waals surface area contributed by atoms with E-state index in [1.807, 2.05) is 12.2 Å². The molecule has 0 saturated carbocycles. The number of nitrogens with one attached hydrogen (secondary N) is 2. The summed E-state index contributed by atoms with van der Waals surface area (Å²) in [5.41, 5.74) is 1.68. The molecule has 0 spiro atoms. The molecule has 0 aromatic heterocycles. The van der Waals surface area contributed by atoms with Gasteiger partial charge in [-0.1, -0.05) is 31.2 Å². The van der Waals surface area contributed by atoms with Crippen LogP contribution in [-0.4, -0.2) is 40.5 Å². The number of piperidine rings is 1. The van der Waals surface area contributed by atoms with Crippen molar-refractivity contribution in [1.82, 2.24) is 15.5 Å². The van der Waals surface area contributed by atoms with Crippen molar-refractivity contribution >= 4 is 29.5 Å². The Bertz CT molecular complexity index is 1040. The van der Waals surface area contributed by atoms with E-state index in [1.54, 1.807) is 18.2 Å². The summed E-state index contributed by atoms with van der Waals surface area (Å²) in [4.78, 5) is 62.2. The molecule has 1 saturated heterocycles. The van der Waals surface area contributed by atoms with Crippen molar-refractivity contribution in [2.75, 3.05) is 0 Å². The number of rotatable bonds is 4. The Morgan fingerprint density at radius 3 is 2.63 bits per heavy atom. The average molecular weight is 407 g/mol. The molecule has 8 heteroatoms. The maximum atomic E-state index is 12.8. The molecule has 3 aliphatic rings. The number of fused-ring (bicyclic) bond motifs is 1. The van der Waals surface area contributed by atoms with Gasteiger partial charge in [0.2, 0.25) is 11.8 Å². The average Bonchev–Trinajstić information content (AvgIpc) is 2.97. The van der Waals surface area contributed by atoms with Gasteiger partial charge in [-0.15, -0.1) is 0 Å². The molecule has 0 radical (unpaired) electrons. The zero-order valence-corrected chi connectivity index (χ0v) is 16.4. The van der Waals surface area contributed by atoms with Crippen LogP contribution in [0.1, 0.15) is 52.5 Å². The summed E-state index contributed by atoms with van der Waals surface area (Å²) in [7, 11) is 0. The fourth-order valence-electron chi connectivity index (χ4n) is 3.81. The highest BCUT2D eigenvalue weighted by Crippen LogP contribution is 2.28. The van der Waals surface area contributed by atoms with E-state index in [1.165, 1.54) is 6.07 Å². The molecule has 2 N–H and O–H groups in total. The predicted octanol–water partition coefficient (Wildman–Crippen LogP) is 1.23. The van der Waals surface area contributed by atoms with Gasteiger partial charge >= 0.3 is 0 Å².